The highest BCUT2D eigenvalue weighted by atomic mass is 16.5. The van der Waals surface area contributed by atoms with E-state index in [2.05, 4.69) is 12.2 Å². The number of benzene rings is 1. The summed E-state index contributed by atoms with van der Waals surface area (Å²) in [4.78, 5) is 0. The Labute approximate surface area is 85.3 Å². The summed E-state index contributed by atoms with van der Waals surface area (Å²) in [5.41, 5.74) is 6.51. The van der Waals surface area contributed by atoms with Gasteiger partial charge in [-0.15, -0.1) is 0 Å². The first-order chi connectivity index (χ1) is 6.77. The molecule has 0 heterocycles. The highest BCUT2D eigenvalue weighted by Gasteiger charge is 2.04. The molecular formula is C11H18N2O. The molecule has 1 atom stereocenters. The van der Waals surface area contributed by atoms with E-state index in [1.165, 1.54) is 0 Å². The SMILES string of the molecule is COc1ccccc1NC(C)CCN. The number of hydrogen-bond donors (Lipinski definition) is 2. The van der Waals surface area contributed by atoms with Gasteiger partial charge in [0.25, 0.3) is 0 Å². The van der Waals surface area contributed by atoms with Gasteiger partial charge in [-0.05, 0) is 32.0 Å². The summed E-state index contributed by atoms with van der Waals surface area (Å²) >= 11 is 0. The van der Waals surface area contributed by atoms with Crippen molar-refractivity contribution < 1.29 is 4.74 Å². The molecule has 0 aliphatic carbocycles. The number of hydrogen-bond acceptors (Lipinski definition) is 3. The molecule has 0 aliphatic heterocycles. The predicted octanol–water partition coefficient (Wildman–Crippen LogP) is 1.84. The smallest absolute Gasteiger partial charge is 0.141 e. The summed E-state index contributed by atoms with van der Waals surface area (Å²) in [5.74, 6) is 0.872. The van der Waals surface area contributed by atoms with Crippen molar-refractivity contribution in [2.75, 3.05) is 19.0 Å². The number of nitrogens with one attached hydrogen (secondary N) is 1. The van der Waals surface area contributed by atoms with Gasteiger partial charge >= 0.3 is 0 Å². The quantitative estimate of drug-likeness (QED) is 0.752. The minimum Gasteiger partial charge on any atom is -0.495 e. The van der Waals surface area contributed by atoms with Crippen LogP contribution >= 0.6 is 0 Å². The second-order valence-corrected chi connectivity index (χ2v) is 3.32. The van der Waals surface area contributed by atoms with Crippen molar-refractivity contribution in [3.8, 4) is 5.75 Å². The molecule has 14 heavy (non-hydrogen) atoms. The Balaban J connectivity index is 2.65. The molecular weight excluding hydrogens is 176 g/mol. The van der Waals surface area contributed by atoms with Gasteiger partial charge in [-0.2, -0.15) is 0 Å². The third kappa shape index (κ3) is 2.92. The average molecular weight is 194 g/mol. The van der Waals surface area contributed by atoms with E-state index < -0.39 is 0 Å². The van der Waals surface area contributed by atoms with Crippen molar-refractivity contribution in [3.05, 3.63) is 24.3 Å². The summed E-state index contributed by atoms with van der Waals surface area (Å²) in [5, 5.41) is 3.36. The normalized spacial score (nSPS) is 12.2. The Kier molecular flexibility index (Phi) is 4.26. The van der Waals surface area contributed by atoms with E-state index in [-0.39, 0.29) is 0 Å². The first-order valence-corrected chi connectivity index (χ1v) is 4.87. The van der Waals surface area contributed by atoms with Gasteiger partial charge in [-0.1, -0.05) is 12.1 Å². The zero-order valence-corrected chi connectivity index (χ0v) is 8.79. The van der Waals surface area contributed by atoms with Crippen molar-refractivity contribution in [1.82, 2.24) is 0 Å². The van der Waals surface area contributed by atoms with Gasteiger partial charge in [0.1, 0.15) is 5.75 Å². The molecule has 0 bridgehead atoms. The number of methoxy groups -OCH3 is 1. The van der Waals surface area contributed by atoms with E-state index in [1.807, 2.05) is 24.3 Å². The molecule has 3 N–H and O–H groups in total. The van der Waals surface area contributed by atoms with E-state index >= 15 is 0 Å². The van der Waals surface area contributed by atoms with Gasteiger partial charge < -0.3 is 15.8 Å². The lowest BCUT2D eigenvalue weighted by Gasteiger charge is -2.16. The van der Waals surface area contributed by atoms with Crippen LogP contribution in [0.2, 0.25) is 0 Å². The molecule has 0 spiro atoms. The van der Waals surface area contributed by atoms with Crippen LogP contribution in [0.5, 0.6) is 5.75 Å². The van der Waals surface area contributed by atoms with E-state index in [4.69, 9.17) is 10.5 Å². The molecule has 0 fully saturated rings. The lowest BCUT2D eigenvalue weighted by Crippen LogP contribution is -2.19. The molecule has 0 radical (unpaired) electrons. The number of anilines is 1. The van der Waals surface area contributed by atoms with Gasteiger partial charge in [-0.25, -0.2) is 0 Å². The first-order valence-electron chi connectivity index (χ1n) is 4.87. The van der Waals surface area contributed by atoms with Crippen LogP contribution in [-0.2, 0) is 0 Å². The molecule has 0 saturated carbocycles. The van der Waals surface area contributed by atoms with Crippen molar-refractivity contribution >= 4 is 5.69 Å². The first kappa shape index (κ1) is 10.9. The van der Waals surface area contributed by atoms with Gasteiger partial charge in [0, 0.05) is 6.04 Å². The van der Waals surface area contributed by atoms with Crippen molar-refractivity contribution in [2.45, 2.75) is 19.4 Å². The summed E-state index contributed by atoms with van der Waals surface area (Å²) in [6.07, 6.45) is 0.956. The fourth-order valence-corrected chi connectivity index (χ4v) is 1.35. The third-order valence-corrected chi connectivity index (χ3v) is 2.11. The largest absolute Gasteiger partial charge is 0.495 e. The second-order valence-electron chi connectivity index (χ2n) is 3.32. The molecule has 78 valence electrons. The molecule has 1 aromatic rings. The minimum atomic E-state index is 0.372. The maximum Gasteiger partial charge on any atom is 0.141 e. The van der Waals surface area contributed by atoms with Crippen molar-refractivity contribution in [1.29, 1.82) is 0 Å². The monoisotopic (exact) mass is 194 g/mol. The summed E-state index contributed by atoms with van der Waals surface area (Å²) in [7, 11) is 1.67. The van der Waals surface area contributed by atoms with Gasteiger partial charge in [0.2, 0.25) is 0 Å². The van der Waals surface area contributed by atoms with Crippen LogP contribution in [0.15, 0.2) is 24.3 Å². The van der Waals surface area contributed by atoms with Gasteiger partial charge in [0.15, 0.2) is 0 Å². The van der Waals surface area contributed by atoms with Crippen LogP contribution in [0.3, 0.4) is 0 Å². The van der Waals surface area contributed by atoms with Crippen LogP contribution in [0.25, 0.3) is 0 Å². The Hall–Kier alpha value is -1.22. The summed E-state index contributed by atoms with van der Waals surface area (Å²) in [6.45, 7) is 2.81. The van der Waals surface area contributed by atoms with E-state index in [0.717, 1.165) is 17.9 Å². The minimum absolute atomic E-state index is 0.372. The molecule has 3 heteroatoms. The molecule has 3 nitrogen and oxygen atoms in total. The number of rotatable bonds is 5. The number of nitrogens with two attached hydrogens (primary N) is 1. The molecule has 0 amide bonds. The van der Waals surface area contributed by atoms with E-state index in [0.29, 0.717) is 12.6 Å². The Morgan fingerprint density at radius 2 is 2.14 bits per heavy atom. The topological polar surface area (TPSA) is 47.3 Å². The van der Waals surface area contributed by atoms with Crippen LogP contribution in [0.4, 0.5) is 5.69 Å². The summed E-state index contributed by atoms with van der Waals surface area (Å²) < 4.78 is 5.23. The van der Waals surface area contributed by atoms with Crippen LogP contribution in [0, 0.1) is 0 Å². The van der Waals surface area contributed by atoms with Crippen molar-refractivity contribution in [3.63, 3.8) is 0 Å². The second kappa shape index (κ2) is 5.50. The number of para-hydroxylation sites is 2. The molecule has 0 aromatic heterocycles. The molecule has 1 aromatic carbocycles. The fourth-order valence-electron chi connectivity index (χ4n) is 1.35. The Bertz CT molecular complexity index is 276. The van der Waals surface area contributed by atoms with Crippen LogP contribution < -0.4 is 15.8 Å². The molecule has 0 aliphatic rings. The molecule has 0 saturated heterocycles. The highest BCUT2D eigenvalue weighted by Crippen LogP contribution is 2.23. The van der Waals surface area contributed by atoms with Gasteiger partial charge in [0.05, 0.1) is 12.8 Å². The predicted molar refractivity (Wildman–Crippen MR) is 59.8 cm³/mol. The Morgan fingerprint density at radius 3 is 2.79 bits per heavy atom. The zero-order valence-electron chi connectivity index (χ0n) is 8.79. The van der Waals surface area contributed by atoms with E-state index in [1.54, 1.807) is 7.11 Å². The Morgan fingerprint density at radius 1 is 1.43 bits per heavy atom. The third-order valence-electron chi connectivity index (χ3n) is 2.11. The maximum atomic E-state index is 5.48. The van der Waals surface area contributed by atoms with E-state index in [9.17, 15) is 0 Å². The number of ether oxygens (including phenoxy) is 1. The molecule has 1 unspecified atom stereocenters. The summed E-state index contributed by atoms with van der Waals surface area (Å²) in [6, 6.07) is 8.26. The average Bonchev–Trinajstić information content (AvgIpc) is 2.19. The zero-order chi connectivity index (χ0) is 10.4. The fraction of sp³-hybridized carbons (Fsp3) is 0.455. The van der Waals surface area contributed by atoms with Gasteiger partial charge in [-0.3, -0.25) is 0 Å². The lowest BCUT2D eigenvalue weighted by molar-refractivity contribution is 0.416. The van der Waals surface area contributed by atoms with Crippen LogP contribution in [-0.4, -0.2) is 19.7 Å². The van der Waals surface area contributed by atoms with Crippen molar-refractivity contribution in [2.24, 2.45) is 5.73 Å². The van der Waals surface area contributed by atoms with Crippen LogP contribution in [0.1, 0.15) is 13.3 Å². The molecule has 1 rings (SSSR count). The highest BCUT2D eigenvalue weighted by molar-refractivity contribution is 5.56. The maximum absolute atomic E-state index is 5.48. The standard InChI is InChI=1S/C11H18N2O/c1-9(7-8-12)13-10-5-3-4-6-11(10)14-2/h3-6,9,13H,7-8,12H2,1-2H3. The lowest BCUT2D eigenvalue weighted by atomic mass is 10.2.